The SMILES string of the molecule is CCC.CCCC(CC1CC(=O)c2c(C)ccc(CC(=O)CC(C)C)c2C1)C(CC)C(=O)CC(C)=O. The number of fused-ring (bicyclic) bond motifs is 1. The van der Waals surface area contributed by atoms with Crippen molar-refractivity contribution in [3.63, 3.8) is 0 Å². The van der Waals surface area contributed by atoms with E-state index < -0.39 is 0 Å². The minimum Gasteiger partial charge on any atom is -0.300 e. The largest absolute Gasteiger partial charge is 0.300 e. The minimum absolute atomic E-state index is 0.00641. The van der Waals surface area contributed by atoms with Gasteiger partial charge in [-0.15, -0.1) is 0 Å². The molecular formula is C32H50O4. The topological polar surface area (TPSA) is 68.3 Å². The van der Waals surface area contributed by atoms with E-state index in [4.69, 9.17) is 0 Å². The second kappa shape index (κ2) is 15.9. The Morgan fingerprint density at radius 2 is 1.67 bits per heavy atom. The highest BCUT2D eigenvalue weighted by molar-refractivity contribution is 6.01. The lowest BCUT2D eigenvalue weighted by molar-refractivity contribution is -0.130. The summed E-state index contributed by atoms with van der Waals surface area (Å²) in [6.45, 7) is 15.9. The van der Waals surface area contributed by atoms with Crippen LogP contribution in [0.15, 0.2) is 12.1 Å². The number of ketones is 4. The van der Waals surface area contributed by atoms with Crippen LogP contribution < -0.4 is 0 Å². The van der Waals surface area contributed by atoms with Crippen LogP contribution in [0.3, 0.4) is 0 Å². The van der Waals surface area contributed by atoms with Gasteiger partial charge in [-0.2, -0.15) is 0 Å². The Balaban J connectivity index is 0.00000205. The normalized spacial score (nSPS) is 16.6. The summed E-state index contributed by atoms with van der Waals surface area (Å²) in [7, 11) is 0. The minimum atomic E-state index is -0.130. The molecule has 0 bridgehead atoms. The molecule has 0 radical (unpaired) electrons. The Kier molecular flexibility index (Phi) is 14.1. The summed E-state index contributed by atoms with van der Waals surface area (Å²) in [5, 5.41) is 0. The number of rotatable bonds is 13. The molecular weight excluding hydrogens is 448 g/mol. The van der Waals surface area contributed by atoms with Gasteiger partial charge in [0.05, 0.1) is 6.42 Å². The van der Waals surface area contributed by atoms with Crippen LogP contribution in [0.5, 0.6) is 0 Å². The molecule has 36 heavy (non-hydrogen) atoms. The number of hydrogen-bond donors (Lipinski definition) is 0. The smallest absolute Gasteiger partial charge is 0.163 e. The molecule has 0 amide bonds. The van der Waals surface area contributed by atoms with Crippen molar-refractivity contribution in [3.05, 3.63) is 34.4 Å². The number of benzene rings is 1. The maximum atomic E-state index is 13.2. The van der Waals surface area contributed by atoms with Crippen molar-refractivity contribution in [1.29, 1.82) is 0 Å². The predicted octanol–water partition coefficient (Wildman–Crippen LogP) is 7.69. The van der Waals surface area contributed by atoms with Crippen molar-refractivity contribution in [1.82, 2.24) is 0 Å². The Morgan fingerprint density at radius 3 is 2.19 bits per heavy atom. The van der Waals surface area contributed by atoms with E-state index in [1.165, 1.54) is 13.3 Å². The molecule has 2 rings (SSSR count). The Morgan fingerprint density at radius 1 is 1.03 bits per heavy atom. The summed E-state index contributed by atoms with van der Waals surface area (Å²) in [5.41, 5.74) is 3.84. The maximum Gasteiger partial charge on any atom is 0.163 e. The highest BCUT2D eigenvalue weighted by Crippen LogP contribution is 2.37. The van der Waals surface area contributed by atoms with E-state index in [2.05, 4.69) is 20.8 Å². The van der Waals surface area contributed by atoms with Gasteiger partial charge in [0.15, 0.2) is 5.78 Å². The number of Topliss-reactive ketones (excluding diaryl/α,β-unsaturated/α-hetero) is 4. The van der Waals surface area contributed by atoms with Crippen LogP contribution in [0.1, 0.15) is 127 Å². The lowest BCUT2D eigenvalue weighted by Gasteiger charge is -2.32. The second-order valence-electron chi connectivity index (χ2n) is 11.3. The fourth-order valence-corrected chi connectivity index (χ4v) is 5.71. The third-order valence-corrected chi connectivity index (χ3v) is 7.03. The molecule has 0 spiro atoms. The highest BCUT2D eigenvalue weighted by atomic mass is 16.1. The lowest BCUT2D eigenvalue weighted by atomic mass is 9.71. The number of carbonyl (C=O) groups is 4. The van der Waals surface area contributed by atoms with E-state index in [0.29, 0.717) is 25.2 Å². The van der Waals surface area contributed by atoms with Gasteiger partial charge in [-0.05, 0) is 67.6 Å². The van der Waals surface area contributed by atoms with Gasteiger partial charge in [0.2, 0.25) is 0 Å². The quantitative estimate of drug-likeness (QED) is 0.261. The summed E-state index contributed by atoms with van der Waals surface area (Å²) in [4.78, 5) is 50.1. The Hall–Kier alpha value is -2.10. The molecule has 0 heterocycles. The number of carbonyl (C=O) groups excluding carboxylic acids is 4. The van der Waals surface area contributed by atoms with Crippen molar-refractivity contribution < 1.29 is 19.2 Å². The molecule has 0 saturated carbocycles. The number of hydrogen-bond acceptors (Lipinski definition) is 4. The van der Waals surface area contributed by atoms with E-state index in [0.717, 1.165) is 54.4 Å². The summed E-state index contributed by atoms with van der Waals surface area (Å²) >= 11 is 0. The standard InChI is InChI=1S/C29H42O4.C3H8/c1-7-9-22(25(8-2)27(32)13-20(6)30)14-21-15-26-23(17-24(31)12-18(3)4)11-10-19(5)29(26)28(33)16-21;1-3-2/h10-11,18,21-22,25H,7-9,12-17H2,1-6H3;3H2,1-2H3. The molecule has 4 nitrogen and oxygen atoms in total. The molecule has 0 aliphatic heterocycles. The zero-order valence-electron chi connectivity index (χ0n) is 24.2. The molecule has 0 aromatic heterocycles. The summed E-state index contributed by atoms with van der Waals surface area (Å²) in [6, 6.07) is 4.00. The van der Waals surface area contributed by atoms with Crippen LogP contribution in [-0.4, -0.2) is 23.1 Å². The van der Waals surface area contributed by atoms with Crippen molar-refractivity contribution in [3.8, 4) is 0 Å². The highest BCUT2D eigenvalue weighted by Gasteiger charge is 2.34. The van der Waals surface area contributed by atoms with Crippen molar-refractivity contribution in [2.45, 2.75) is 120 Å². The van der Waals surface area contributed by atoms with Crippen molar-refractivity contribution in [2.24, 2.45) is 23.7 Å². The van der Waals surface area contributed by atoms with Crippen LogP contribution in [0.2, 0.25) is 0 Å². The van der Waals surface area contributed by atoms with E-state index >= 15 is 0 Å². The van der Waals surface area contributed by atoms with Gasteiger partial charge < -0.3 is 0 Å². The van der Waals surface area contributed by atoms with Gasteiger partial charge in [-0.25, -0.2) is 0 Å². The molecule has 0 fully saturated rings. The molecule has 3 atom stereocenters. The zero-order chi connectivity index (χ0) is 27.4. The fourth-order valence-electron chi connectivity index (χ4n) is 5.71. The summed E-state index contributed by atoms with van der Waals surface area (Å²) in [5.74, 6) is 0.883. The lowest BCUT2D eigenvalue weighted by Crippen LogP contribution is -2.30. The van der Waals surface area contributed by atoms with Gasteiger partial charge >= 0.3 is 0 Å². The fraction of sp³-hybridized carbons (Fsp3) is 0.688. The van der Waals surface area contributed by atoms with E-state index in [-0.39, 0.29) is 47.3 Å². The van der Waals surface area contributed by atoms with Gasteiger partial charge in [-0.3, -0.25) is 19.2 Å². The predicted molar refractivity (Wildman–Crippen MR) is 149 cm³/mol. The van der Waals surface area contributed by atoms with Crippen LogP contribution in [-0.2, 0) is 27.2 Å². The van der Waals surface area contributed by atoms with E-state index in [1.807, 2.05) is 39.8 Å². The molecule has 0 N–H and O–H groups in total. The van der Waals surface area contributed by atoms with Crippen LogP contribution >= 0.6 is 0 Å². The monoisotopic (exact) mass is 498 g/mol. The molecule has 1 aromatic carbocycles. The van der Waals surface area contributed by atoms with Crippen LogP contribution in [0, 0.1) is 30.6 Å². The Bertz CT molecular complexity index is 896. The summed E-state index contributed by atoms with van der Waals surface area (Å²) in [6.07, 6.45) is 6.90. The molecule has 3 unspecified atom stereocenters. The number of aryl methyl sites for hydroxylation is 1. The maximum absolute atomic E-state index is 13.2. The first kappa shape index (κ1) is 31.9. The first-order valence-corrected chi connectivity index (χ1v) is 14.2. The first-order valence-electron chi connectivity index (χ1n) is 14.2. The van der Waals surface area contributed by atoms with Gasteiger partial charge in [0.1, 0.15) is 17.3 Å². The average molecular weight is 499 g/mol. The third kappa shape index (κ3) is 9.75. The molecule has 1 aliphatic carbocycles. The van der Waals surface area contributed by atoms with Gasteiger partial charge in [0, 0.05) is 30.7 Å². The van der Waals surface area contributed by atoms with E-state index in [1.54, 1.807) is 0 Å². The average Bonchev–Trinajstić information content (AvgIpc) is 2.75. The molecule has 1 aliphatic rings. The second-order valence-corrected chi connectivity index (χ2v) is 11.3. The van der Waals surface area contributed by atoms with Crippen LogP contribution in [0.25, 0.3) is 0 Å². The third-order valence-electron chi connectivity index (χ3n) is 7.03. The van der Waals surface area contributed by atoms with Gasteiger partial charge in [0.25, 0.3) is 0 Å². The van der Waals surface area contributed by atoms with Crippen LogP contribution in [0.4, 0.5) is 0 Å². The van der Waals surface area contributed by atoms with Gasteiger partial charge in [-0.1, -0.05) is 72.9 Å². The first-order chi connectivity index (χ1) is 17.0. The molecule has 0 saturated heterocycles. The molecule has 202 valence electrons. The van der Waals surface area contributed by atoms with Crippen molar-refractivity contribution in [2.75, 3.05) is 0 Å². The summed E-state index contributed by atoms with van der Waals surface area (Å²) < 4.78 is 0. The Labute approximate surface area is 220 Å². The molecule has 1 aromatic rings. The zero-order valence-corrected chi connectivity index (χ0v) is 24.2. The molecule has 4 heteroatoms. The van der Waals surface area contributed by atoms with Crippen molar-refractivity contribution >= 4 is 23.1 Å². The van der Waals surface area contributed by atoms with E-state index in [9.17, 15) is 19.2 Å².